The van der Waals surface area contributed by atoms with Gasteiger partial charge in [0.25, 0.3) is 0 Å². The van der Waals surface area contributed by atoms with E-state index in [0.29, 0.717) is 11.6 Å². The van der Waals surface area contributed by atoms with E-state index in [0.717, 1.165) is 24.8 Å². The summed E-state index contributed by atoms with van der Waals surface area (Å²) < 4.78 is 0. The van der Waals surface area contributed by atoms with Gasteiger partial charge >= 0.3 is 0 Å². The first kappa shape index (κ1) is 11.0. The molecule has 3 aliphatic rings. The van der Waals surface area contributed by atoms with Crippen LogP contribution in [0, 0.1) is 5.92 Å². The fourth-order valence-electron chi connectivity index (χ4n) is 3.89. The monoisotopic (exact) mass is 224 g/mol. The lowest BCUT2D eigenvalue weighted by atomic mass is 9.76. The molecule has 0 aromatic heterocycles. The van der Waals surface area contributed by atoms with E-state index in [-0.39, 0.29) is 6.10 Å². The summed E-state index contributed by atoms with van der Waals surface area (Å²) in [6.45, 7) is 0. The molecule has 0 amide bonds. The van der Waals surface area contributed by atoms with Crippen LogP contribution in [0.1, 0.15) is 51.4 Å². The molecule has 3 nitrogen and oxygen atoms in total. The van der Waals surface area contributed by atoms with Crippen molar-refractivity contribution >= 4 is 0 Å². The van der Waals surface area contributed by atoms with E-state index in [1.165, 1.54) is 38.5 Å². The van der Waals surface area contributed by atoms with E-state index in [1.807, 2.05) is 0 Å². The molecule has 0 radical (unpaired) electrons. The highest BCUT2D eigenvalue weighted by Crippen LogP contribution is 2.47. The Balaban J connectivity index is 1.55. The molecule has 4 N–H and O–H groups in total. The number of nitrogens with two attached hydrogens (primary N) is 1. The molecule has 0 aromatic carbocycles. The topological polar surface area (TPSA) is 68.2 Å². The summed E-state index contributed by atoms with van der Waals surface area (Å²) in [7, 11) is 0. The van der Waals surface area contributed by atoms with Crippen molar-refractivity contribution in [2.45, 2.75) is 75.1 Å². The maximum Gasteiger partial charge on any atom is 0.0541 e. The highest BCUT2D eigenvalue weighted by molar-refractivity contribution is 5.18. The summed E-state index contributed by atoms with van der Waals surface area (Å²) in [5, 5.41) is 13.3. The van der Waals surface area contributed by atoms with Gasteiger partial charge in [-0.15, -0.1) is 0 Å². The number of hydrogen-bond donors (Lipinski definition) is 3. The molecule has 1 unspecified atom stereocenters. The molecule has 1 spiro atoms. The van der Waals surface area contributed by atoms with Gasteiger partial charge in [-0.1, -0.05) is 0 Å². The molecular formula is C13H24N2O. The smallest absolute Gasteiger partial charge is 0.0541 e. The van der Waals surface area contributed by atoms with Gasteiger partial charge in [-0.2, -0.15) is 0 Å². The summed E-state index contributed by atoms with van der Waals surface area (Å²) in [6.07, 6.45) is 9.36. The first-order chi connectivity index (χ1) is 7.70. The SMILES string of the molecule is NC1CCC(C2NC23CCC(O)CC3)CC1. The van der Waals surface area contributed by atoms with Gasteiger partial charge in [0.2, 0.25) is 0 Å². The van der Waals surface area contributed by atoms with Crippen molar-refractivity contribution in [1.82, 2.24) is 5.32 Å². The van der Waals surface area contributed by atoms with Gasteiger partial charge in [-0.25, -0.2) is 0 Å². The Hall–Kier alpha value is -0.120. The molecule has 1 heterocycles. The lowest BCUT2D eigenvalue weighted by Crippen LogP contribution is -2.33. The van der Waals surface area contributed by atoms with Crippen molar-refractivity contribution in [2.75, 3.05) is 0 Å². The average Bonchev–Trinajstić information content (AvgIpc) is 2.99. The quantitative estimate of drug-likeness (QED) is 0.585. The molecule has 1 aliphatic heterocycles. The van der Waals surface area contributed by atoms with Crippen molar-refractivity contribution in [3.8, 4) is 0 Å². The van der Waals surface area contributed by atoms with Crippen LogP contribution in [0.2, 0.25) is 0 Å². The lowest BCUT2D eigenvalue weighted by molar-refractivity contribution is 0.114. The first-order valence-corrected chi connectivity index (χ1v) is 6.91. The summed E-state index contributed by atoms with van der Waals surface area (Å²) in [4.78, 5) is 0. The highest BCUT2D eigenvalue weighted by Gasteiger charge is 2.57. The maximum absolute atomic E-state index is 9.56. The summed E-state index contributed by atoms with van der Waals surface area (Å²) in [5.41, 5.74) is 6.37. The van der Waals surface area contributed by atoms with E-state index in [1.54, 1.807) is 0 Å². The number of hydrogen-bond acceptors (Lipinski definition) is 3. The third-order valence-corrected chi connectivity index (χ3v) is 5.09. The van der Waals surface area contributed by atoms with Gasteiger partial charge in [0.15, 0.2) is 0 Å². The Morgan fingerprint density at radius 3 is 2.25 bits per heavy atom. The Kier molecular flexibility index (Phi) is 2.73. The highest BCUT2D eigenvalue weighted by atomic mass is 16.3. The molecule has 2 aliphatic carbocycles. The van der Waals surface area contributed by atoms with Crippen LogP contribution in [-0.4, -0.2) is 28.8 Å². The minimum Gasteiger partial charge on any atom is -0.393 e. The average molecular weight is 224 g/mol. The van der Waals surface area contributed by atoms with E-state index >= 15 is 0 Å². The second-order valence-corrected chi connectivity index (χ2v) is 6.18. The molecule has 1 atom stereocenters. The molecule has 3 fully saturated rings. The minimum atomic E-state index is -0.0338. The van der Waals surface area contributed by atoms with Gasteiger partial charge in [0, 0.05) is 17.6 Å². The number of nitrogens with one attached hydrogen (secondary N) is 1. The second kappa shape index (κ2) is 3.97. The van der Waals surface area contributed by atoms with Crippen LogP contribution in [0.4, 0.5) is 0 Å². The van der Waals surface area contributed by atoms with Crippen LogP contribution in [-0.2, 0) is 0 Å². The fourth-order valence-corrected chi connectivity index (χ4v) is 3.89. The van der Waals surface area contributed by atoms with Gasteiger partial charge < -0.3 is 16.2 Å². The Labute approximate surface area is 97.8 Å². The van der Waals surface area contributed by atoms with Crippen molar-refractivity contribution in [3.05, 3.63) is 0 Å². The third-order valence-electron chi connectivity index (χ3n) is 5.09. The van der Waals surface area contributed by atoms with E-state index in [9.17, 15) is 5.11 Å². The van der Waals surface area contributed by atoms with Gasteiger partial charge in [0.1, 0.15) is 0 Å². The van der Waals surface area contributed by atoms with E-state index < -0.39 is 0 Å². The van der Waals surface area contributed by atoms with Crippen molar-refractivity contribution < 1.29 is 5.11 Å². The molecule has 16 heavy (non-hydrogen) atoms. The molecular weight excluding hydrogens is 200 g/mol. The number of aliphatic hydroxyl groups excluding tert-OH is 1. The molecule has 0 aromatic rings. The minimum absolute atomic E-state index is 0.0338. The summed E-state index contributed by atoms with van der Waals surface area (Å²) in [5.74, 6) is 0.857. The molecule has 3 heteroatoms. The number of aliphatic hydroxyl groups is 1. The lowest BCUT2D eigenvalue weighted by Gasteiger charge is -2.30. The van der Waals surface area contributed by atoms with Crippen LogP contribution in [0.25, 0.3) is 0 Å². The second-order valence-electron chi connectivity index (χ2n) is 6.18. The van der Waals surface area contributed by atoms with Crippen LogP contribution in [0.3, 0.4) is 0 Å². The standard InChI is InChI=1S/C13H24N2O/c14-10-3-1-9(2-4-10)12-13(15-12)7-5-11(16)6-8-13/h9-12,15-16H,1-8,14H2. The van der Waals surface area contributed by atoms with Crippen molar-refractivity contribution in [3.63, 3.8) is 0 Å². The Bertz CT molecular complexity index is 253. The first-order valence-electron chi connectivity index (χ1n) is 6.91. The van der Waals surface area contributed by atoms with E-state index in [2.05, 4.69) is 5.32 Å². The van der Waals surface area contributed by atoms with Crippen molar-refractivity contribution in [2.24, 2.45) is 11.7 Å². The van der Waals surface area contributed by atoms with Gasteiger partial charge in [0.05, 0.1) is 6.10 Å². The maximum atomic E-state index is 9.56. The Morgan fingerprint density at radius 1 is 1.00 bits per heavy atom. The molecule has 92 valence electrons. The predicted octanol–water partition coefficient (Wildman–Crippen LogP) is 1.15. The zero-order valence-electron chi connectivity index (χ0n) is 9.99. The molecule has 3 rings (SSSR count). The number of rotatable bonds is 1. The largest absolute Gasteiger partial charge is 0.393 e. The summed E-state index contributed by atoms with van der Waals surface area (Å²) in [6, 6.07) is 1.20. The van der Waals surface area contributed by atoms with Crippen molar-refractivity contribution in [1.29, 1.82) is 0 Å². The normalized spacial score (nSPS) is 52.9. The summed E-state index contributed by atoms with van der Waals surface area (Å²) >= 11 is 0. The van der Waals surface area contributed by atoms with Gasteiger partial charge in [-0.05, 0) is 57.3 Å². The van der Waals surface area contributed by atoms with Crippen LogP contribution < -0.4 is 11.1 Å². The van der Waals surface area contributed by atoms with Crippen LogP contribution in [0.5, 0.6) is 0 Å². The molecule has 2 saturated carbocycles. The molecule has 0 bridgehead atoms. The zero-order valence-corrected chi connectivity index (χ0v) is 9.99. The van der Waals surface area contributed by atoms with E-state index in [4.69, 9.17) is 5.73 Å². The predicted molar refractivity (Wildman–Crippen MR) is 64.1 cm³/mol. The van der Waals surface area contributed by atoms with Crippen LogP contribution >= 0.6 is 0 Å². The molecule has 1 saturated heterocycles. The van der Waals surface area contributed by atoms with Crippen LogP contribution in [0.15, 0.2) is 0 Å². The Morgan fingerprint density at radius 2 is 1.62 bits per heavy atom. The van der Waals surface area contributed by atoms with Gasteiger partial charge in [-0.3, -0.25) is 0 Å². The fraction of sp³-hybridized carbons (Fsp3) is 1.00. The third kappa shape index (κ3) is 1.89. The zero-order chi connectivity index (χ0) is 11.2.